The van der Waals surface area contributed by atoms with Crippen LogP contribution in [0.4, 0.5) is 10.2 Å². The highest BCUT2D eigenvalue weighted by Gasteiger charge is 2.16. The molecule has 0 aliphatic carbocycles. The second-order valence-corrected chi connectivity index (χ2v) is 7.46. The van der Waals surface area contributed by atoms with Crippen molar-refractivity contribution in [3.05, 3.63) is 47.2 Å². The van der Waals surface area contributed by atoms with Crippen molar-refractivity contribution in [1.82, 2.24) is 9.97 Å². The van der Waals surface area contributed by atoms with Gasteiger partial charge in [-0.25, -0.2) is 22.8 Å². The van der Waals surface area contributed by atoms with Gasteiger partial charge in [-0.15, -0.1) is 0 Å². The SMILES string of the molecule is CCc1cc(NC(C)c2ccc(S(C)(=O)=O)c(F)c2)nc(C)n1. The average molecular weight is 337 g/mol. The third kappa shape index (κ3) is 4.25. The highest BCUT2D eigenvalue weighted by atomic mass is 32.2. The molecular formula is C16H20FN3O2S. The van der Waals surface area contributed by atoms with Gasteiger partial charge < -0.3 is 5.32 Å². The molecule has 1 unspecified atom stereocenters. The predicted octanol–water partition coefficient (Wildman–Crippen LogP) is 3.06. The van der Waals surface area contributed by atoms with Gasteiger partial charge in [-0.1, -0.05) is 13.0 Å². The van der Waals surface area contributed by atoms with Crippen LogP contribution in [0.3, 0.4) is 0 Å². The summed E-state index contributed by atoms with van der Waals surface area (Å²) in [5.41, 5.74) is 1.56. The van der Waals surface area contributed by atoms with Crippen molar-refractivity contribution in [2.45, 2.75) is 38.1 Å². The number of aryl methyl sites for hydroxylation is 2. The Morgan fingerprint density at radius 3 is 2.52 bits per heavy atom. The topological polar surface area (TPSA) is 72.0 Å². The van der Waals surface area contributed by atoms with Crippen molar-refractivity contribution in [1.29, 1.82) is 0 Å². The minimum atomic E-state index is -3.57. The molecule has 2 aromatic rings. The summed E-state index contributed by atoms with van der Waals surface area (Å²) in [5.74, 6) is 0.582. The Bertz CT molecular complexity index is 822. The molecule has 0 saturated heterocycles. The maximum absolute atomic E-state index is 14.0. The summed E-state index contributed by atoms with van der Waals surface area (Å²) in [4.78, 5) is 8.33. The lowest BCUT2D eigenvalue weighted by Crippen LogP contribution is -2.11. The summed E-state index contributed by atoms with van der Waals surface area (Å²) in [5, 5.41) is 3.19. The van der Waals surface area contributed by atoms with Crippen molar-refractivity contribution >= 4 is 15.7 Å². The standard InChI is InChI=1S/C16H20FN3O2S/c1-5-13-9-16(20-11(3)19-13)18-10(2)12-6-7-15(14(17)8-12)23(4,21)22/h6-10H,5H2,1-4H3,(H,18,19,20). The van der Waals surface area contributed by atoms with Crippen molar-refractivity contribution in [2.24, 2.45) is 0 Å². The van der Waals surface area contributed by atoms with Gasteiger partial charge in [0.2, 0.25) is 0 Å². The smallest absolute Gasteiger partial charge is 0.178 e. The van der Waals surface area contributed by atoms with Gasteiger partial charge >= 0.3 is 0 Å². The summed E-state index contributed by atoms with van der Waals surface area (Å²) in [6.07, 6.45) is 1.78. The van der Waals surface area contributed by atoms with Crippen molar-refractivity contribution < 1.29 is 12.8 Å². The molecule has 1 N–H and O–H groups in total. The van der Waals surface area contributed by atoms with E-state index in [4.69, 9.17) is 0 Å². The molecule has 23 heavy (non-hydrogen) atoms. The molecule has 2 rings (SSSR count). The molecule has 0 bridgehead atoms. The molecule has 1 aromatic carbocycles. The number of anilines is 1. The second-order valence-electron chi connectivity index (χ2n) is 5.47. The molecule has 1 heterocycles. The van der Waals surface area contributed by atoms with Gasteiger partial charge in [0, 0.05) is 18.0 Å². The van der Waals surface area contributed by atoms with Gasteiger partial charge in [0.1, 0.15) is 22.4 Å². The first-order valence-electron chi connectivity index (χ1n) is 7.31. The van der Waals surface area contributed by atoms with Crippen LogP contribution < -0.4 is 5.32 Å². The van der Waals surface area contributed by atoms with Crippen molar-refractivity contribution in [3.63, 3.8) is 0 Å². The Labute approximate surface area is 135 Å². The Hall–Kier alpha value is -2.02. The Morgan fingerprint density at radius 2 is 1.96 bits per heavy atom. The minimum Gasteiger partial charge on any atom is -0.363 e. The average Bonchev–Trinajstić information content (AvgIpc) is 2.45. The predicted molar refractivity (Wildman–Crippen MR) is 87.7 cm³/mol. The first kappa shape index (κ1) is 17.3. The van der Waals surface area contributed by atoms with Crippen LogP contribution in [0.5, 0.6) is 0 Å². The number of sulfone groups is 1. The summed E-state index contributed by atoms with van der Waals surface area (Å²) < 4.78 is 36.9. The molecule has 124 valence electrons. The van der Waals surface area contributed by atoms with Crippen LogP contribution >= 0.6 is 0 Å². The number of hydrogen-bond acceptors (Lipinski definition) is 5. The minimum absolute atomic E-state index is 0.225. The summed E-state index contributed by atoms with van der Waals surface area (Å²) in [6.45, 7) is 5.68. The zero-order valence-corrected chi connectivity index (χ0v) is 14.4. The summed E-state index contributed by atoms with van der Waals surface area (Å²) in [6, 6.07) is 5.76. The second kappa shape index (κ2) is 6.62. The fourth-order valence-electron chi connectivity index (χ4n) is 2.28. The lowest BCUT2D eigenvalue weighted by molar-refractivity contribution is 0.568. The number of benzene rings is 1. The van der Waals surface area contributed by atoms with Gasteiger partial charge in [0.25, 0.3) is 0 Å². The molecule has 5 nitrogen and oxygen atoms in total. The van der Waals surface area contributed by atoms with Gasteiger partial charge in [-0.05, 0) is 38.0 Å². The van der Waals surface area contributed by atoms with Gasteiger partial charge in [-0.3, -0.25) is 0 Å². The molecule has 1 atom stereocenters. The van der Waals surface area contributed by atoms with Gasteiger partial charge in [0.05, 0.1) is 6.04 Å². The number of nitrogens with zero attached hydrogens (tertiary/aromatic N) is 2. The number of aromatic nitrogens is 2. The van der Waals surface area contributed by atoms with Crippen LogP contribution in [-0.4, -0.2) is 24.6 Å². The van der Waals surface area contributed by atoms with Crippen LogP contribution in [0.2, 0.25) is 0 Å². The highest BCUT2D eigenvalue weighted by Crippen LogP contribution is 2.23. The maximum atomic E-state index is 14.0. The van der Waals surface area contributed by atoms with Crippen LogP contribution in [0.15, 0.2) is 29.2 Å². The molecule has 0 saturated carbocycles. The zero-order chi connectivity index (χ0) is 17.2. The normalized spacial score (nSPS) is 12.9. The Balaban J connectivity index is 2.26. The van der Waals surface area contributed by atoms with E-state index in [0.29, 0.717) is 17.2 Å². The lowest BCUT2D eigenvalue weighted by Gasteiger charge is -2.16. The van der Waals surface area contributed by atoms with E-state index in [1.165, 1.54) is 12.1 Å². The van der Waals surface area contributed by atoms with E-state index in [1.54, 1.807) is 6.07 Å². The third-order valence-electron chi connectivity index (χ3n) is 3.47. The van der Waals surface area contributed by atoms with Crippen LogP contribution in [-0.2, 0) is 16.3 Å². The molecule has 0 aliphatic rings. The fraction of sp³-hybridized carbons (Fsp3) is 0.375. The molecule has 1 aromatic heterocycles. The first-order valence-corrected chi connectivity index (χ1v) is 9.20. The van der Waals surface area contributed by atoms with E-state index in [0.717, 1.165) is 18.4 Å². The van der Waals surface area contributed by atoms with Crippen molar-refractivity contribution in [2.75, 3.05) is 11.6 Å². The van der Waals surface area contributed by atoms with Crippen LogP contribution in [0.1, 0.15) is 37.0 Å². The van der Waals surface area contributed by atoms with E-state index in [-0.39, 0.29) is 10.9 Å². The number of halogens is 1. The molecule has 0 amide bonds. The van der Waals surface area contributed by atoms with Gasteiger partial charge in [0.15, 0.2) is 9.84 Å². The zero-order valence-electron chi connectivity index (χ0n) is 13.6. The van der Waals surface area contributed by atoms with Gasteiger partial charge in [-0.2, -0.15) is 0 Å². The molecule has 0 fully saturated rings. The molecule has 0 aliphatic heterocycles. The number of hydrogen-bond donors (Lipinski definition) is 1. The Kier molecular flexibility index (Phi) is 4.99. The monoisotopic (exact) mass is 337 g/mol. The molecule has 0 spiro atoms. The number of nitrogens with one attached hydrogen (secondary N) is 1. The quantitative estimate of drug-likeness (QED) is 0.908. The fourth-order valence-corrected chi connectivity index (χ4v) is 3.01. The third-order valence-corrected chi connectivity index (χ3v) is 4.60. The van der Waals surface area contributed by atoms with E-state index in [1.807, 2.05) is 26.8 Å². The van der Waals surface area contributed by atoms with Crippen LogP contribution in [0.25, 0.3) is 0 Å². The van der Waals surface area contributed by atoms with Crippen LogP contribution in [0, 0.1) is 12.7 Å². The largest absolute Gasteiger partial charge is 0.363 e. The highest BCUT2D eigenvalue weighted by molar-refractivity contribution is 7.90. The summed E-state index contributed by atoms with van der Waals surface area (Å²) >= 11 is 0. The summed E-state index contributed by atoms with van der Waals surface area (Å²) in [7, 11) is -3.57. The Morgan fingerprint density at radius 1 is 1.26 bits per heavy atom. The molecule has 0 radical (unpaired) electrons. The van der Waals surface area contributed by atoms with E-state index in [9.17, 15) is 12.8 Å². The van der Waals surface area contributed by atoms with E-state index < -0.39 is 15.7 Å². The first-order chi connectivity index (χ1) is 10.7. The van der Waals surface area contributed by atoms with E-state index >= 15 is 0 Å². The molecular weight excluding hydrogens is 317 g/mol. The molecule has 7 heteroatoms. The van der Waals surface area contributed by atoms with Crippen molar-refractivity contribution in [3.8, 4) is 0 Å². The lowest BCUT2D eigenvalue weighted by atomic mass is 10.1. The van der Waals surface area contributed by atoms with E-state index in [2.05, 4.69) is 15.3 Å². The maximum Gasteiger partial charge on any atom is 0.178 e. The number of rotatable bonds is 5.